The first-order valence-corrected chi connectivity index (χ1v) is 12.3. The number of rotatable bonds is 12. The Hall–Kier alpha value is -1.08. The van der Waals surface area contributed by atoms with Crippen molar-refractivity contribution in [3.05, 3.63) is 35.9 Å². The molecule has 0 spiro atoms. The van der Waals surface area contributed by atoms with Crippen LogP contribution in [0.3, 0.4) is 0 Å². The third kappa shape index (κ3) is 7.56. The molecule has 0 radical (unpaired) electrons. The molecule has 0 amide bonds. The second-order valence-electron chi connectivity index (χ2n) is 9.20. The molecule has 0 heterocycles. The van der Waals surface area contributed by atoms with Crippen molar-refractivity contribution in [3.8, 4) is 0 Å². The summed E-state index contributed by atoms with van der Waals surface area (Å²) < 4.78 is 16.8. The van der Waals surface area contributed by atoms with E-state index in [4.69, 9.17) is 18.6 Å². The first-order valence-electron chi connectivity index (χ1n) is 10.5. The third-order valence-electron chi connectivity index (χ3n) is 4.49. The summed E-state index contributed by atoms with van der Waals surface area (Å²) in [7, 11) is -3.70. The summed E-state index contributed by atoms with van der Waals surface area (Å²) in [6.07, 6.45) is -0.554. The second kappa shape index (κ2) is 11.5. The number of nitrogens with zero attached hydrogens (tertiary/aromatic N) is 1. The monoisotopic (exact) mass is 445 g/mol. The van der Waals surface area contributed by atoms with Crippen LogP contribution in [0.5, 0.6) is 0 Å². The van der Waals surface area contributed by atoms with E-state index in [1.165, 1.54) is 0 Å². The fourth-order valence-corrected chi connectivity index (χ4v) is 6.45. The van der Waals surface area contributed by atoms with Crippen LogP contribution in [0.2, 0.25) is 0 Å². The van der Waals surface area contributed by atoms with Gasteiger partial charge in [0.2, 0.25) is 0 Å². The van der Waals surface area contributed by atoms with E-state index < -0.39 is 30.8 Å². The molecule has 1 N–H and O–H groups in total. The molecule has 1 aromatic rings. The van der Waals surface area contributed by atoms with Crippen molar-refractivity contribution in [1.82, 2.24) is 5.06 Å². The van der Waals surface area contributed by atoms with Crippen LogP contribution in [0.4, 0.5) is 0 Å². The molecule has 8 heteroatoms. The topological polar surface area (TPSA) is 77.5 Å². The zero-order valence-corrected chi connectivity index (χ0v) is 20.7. The van der Waals surface area contributed by atoms with E-state index in [-0.39, 0.29) is 6.61 Å². The van der Waals surface area contributed by atoms with Crippen LogP contribution < -0.4 is 0 Å². The van der Waals surface area contributed by atoms with Gasteiger partial charge in [-0.05, 0) is 0 Å². The van der Waals surface area contributed by atoms with Crippen LogP contribution in [-0.2, 0) is 23.4 Å². The zero-order valence-electron chi connectivity index (χ0n) is 19.7. The maximum absolute atomic E-state index is 11.6. The average molecular weight is 446 g/mol. The molecule has 0 aromatic heterocycles. The molecular weight excluding hydrogens is 405 g/mol. The molecule has 2 atom stereocenters. The van der Waals surface area contributed by atoms with Crippen molar-refractivity contribution >= 4 is 14.4 Å². The molecule has 1 aromatic carbocycles. The zero-order chi connectivity index (χ0) is 23.0. The van der Waals surface area contributed by atoms with Crippen molar-refractivity contribution in [1.29, 1.82) is 0 Å². The standard InChI is InChI=1S/C22H40NO6P/c1-9-27-30(25,28-10-2)20(21(3,4)5)23(22(6,7)8)29-19(16-26-17-24)18-14-12-11-13-15-18/h11-15,17,19-20,25,30H,9-10,16H2,1-8H3. The molecule has 0 aliphatic heterocycles. The van der Waals surface area contributed by atoms with E-state index in [9.17, 15) is 9.69 Å². The molecule has 0 aliphatic carbocycles. The number of carbonyl (C=O) groups excluding carboxylic acids is 1. The van der Waals surface area contributed by atoms with E-state index in [1.807, 2.05) is 85.7 Å². The first-order chi connectivity index (χ1) is 13.9. The number of ether oxygens (including phenoxy) is 1. The molecule has 0 saturated heterocycles. The van der Waals surface area contributed by atoms with Gasteiger partial charge in [-0.15, -0.1) is 0 Å². The summed E-state index contributed by atoms with van der Waals surface area (Å²) >= 11 is 0. The van der Waals surface area contributed by atoms with E-state index >= 15 is 0 Å². The van der Waals surface area contributed by atoms with Crippen molar-refractivity contribution < 1.29 is 28.3 Å². The normalized spacial score (nSPS) is 15.7. The van der Waals surface area contributed by atoms with Crippen LogP contribution >= 0.6 is 7.94 Å². The van der Waals surface area contributed by atoms with Gasteiger partial charge < -0.3 is 0 Å². The SMILES string of the molecule is CCO[PH](O)(OCC)C(N(OC(COC=O)c1ccccc1)C(C)(C)C)C(C)(C)C. The number of hydroxylamine groups is 2. The van der Waals surface area contributed by atoms with Crippen LogP contribution in [0.25, 0.3) is 0 Å². The molecule has 0 saturated carbocycles. The predicted molar refractivity (Wildman–Crippen MR) is 121 cm³/mol. The van der Waals surface area contributed by atoms with E-state index in [1.54, 1.807) is 5.06 Å². The van der Waals surface area contributed by atoms with Gasteiger partial charge in [-0.2, -0.15) is 0 Å². The van der Waals surface area contributed by atoms with E-state index in [0.29, 0.717) is 19.7 Å². The molecular formula is C22H40NO6P. The molecule has 1 rings (SSSR count). The molecule has 30 heavy (non-hydrogen) atoms. The van der Waals surface area contributed by atoms with Gasteiger partial charge in [0.1, 0.15) is 0 Å². The van der Waals surface area contributed by atoms with Gasteiger partial charge in [-0.1, -0.05) is 0 Å². The van der Waals surface area contributed by atoms with E-state index in [0.717, 1.165) is 5.56 Å². The summed E-state index contributed by atoms with van der Waals surface area (Å²) in [4.78, 5) is 29.0. The Morgan fingerprint density at radius 2 is 1.57 bits per heavy atom. The second-order valence-corrected chi connectivity index (χ2v) is 11.6. The molecule has 7 nitrogen and oxygen atoms in total. The minimum atomic E-state index is -3.70. The maximum atomic E-state index is 11.6. The average Bonchev–Trinajstić information content (AvgIpc) is 2.63. The third-order valence-corrected chi connectivity index (χ3v) is 7.69. The Labute approximate surface area is 182 Å². The van der Waals surface area contributed by atoms with Crippen molar-refractivity contribution in [2.45, 2.75) is 72.8 Å². The summed E-state index contributed by atoms with van der Waals surface area (Å²) in [5.74, 6) is -0.563. The van der Waals surface area contributed by atoms with Gasteiger partial charge in [0, 0.05) is 0 Å². The molecule has 0 aliphatic rings. The number of carbonyl (C=O) groups is 1. The van der Waals surface area contributed by atoms with Crippen molar-refractivity contribution in [3.63, 3.8) is 0 Å². The van der Waals surface area contributed by atoms with Crippen LogP contribution in [0.1, 0.15) is 67.1 Å². The van der Waals surface area contributed by atoms with Gasteiger partial charge in [-0.25, -0.2) is 0 Å². The van der Waals surface area contributed by atoms with Crippen molar-refractivity contribution in [2.24, 2.45) is 5.41 Å². The van der Waals surface area contributed by atoms with Crippen LogP contribution in [0, 0.1) is 5.41 Å². The fraction of sp³-hybridized carbons (Fsp3) is 0.682. The molecule has 0 fully saturated rings. The Morgan fingerprint density at radius 1 is 1.03 bits per heavy atom. The van der Waals surface area contributed by atoms with E-state index in [2.05, 4.69) is 0 Å². The molecule has 2 unspecified atom stereocenters. The predicted octanol–water partition coefficient (Wildman–Crippen LogP) is 4.87. The van der Waals surface area contributed by atoms with Crippen LogP contribution in [-0.4, -0.2) is 47.6 Å². The van der Waals surface area contributed by atoms with Crippen LogP contribution in [0.15, 0.2) is 30.3 Å². The minimum absolute atomic E-state index is 0.0419. The quantitative estimate of drug-likeness (QED) is 0.279. The Bertz CT molecular complexity index is 623. The molecule has 0 bridgehead atoms. The summed E-state index contributed by atoms with van der Waals surface area (Å²) in [5, 5.41) is 1.77. The molecule has 174 valence electrons. The fourth-order valence-electron chi connectivity index (χ4n) is 3.39. The first kappa shape index (κ1) is 27.0. The van der Waals surface area contributed by atoms with Gasteiger partial charge in [0.25, 0.3) is 0 Å². The Balaban J connectivity index is 3.48. The summed E-state index contributed by atoms with van der Waals surface area (Å²) in [6, 6.07) is 9.55. The van der Waals surface area contributed by atoms with Gasteiger partial charge in [-0.3, -0.25) is 0 Å². The Kier molecular flexibility index (Phi) is 10.3. The Morgan fingerprint density at radius 3 is 1.97 bits per heavy atom. The summed E-state index contributed by atoms with van der Waals surface area (Å²) in [6.45, 7) is 16.8. The van der Waals surface area contributed by atoms with Crippen molar-refractivity contribution in [2.75, 3.05) is 19.8 Å². The number of hydrogen-bond acceptors (Lipinski definition) is 7. The number of benzene rings is 1. The number of hydrogen-bond donors (Lipinski definition) is 1. The van der Waals surface area contributed by atoms with Gasteiger partial charge >= 0.3 is 182 Å². The summed E-state index contributed by atoms with van der Waals surface area (Å²) in [5.41, 5.74) is -0.0913. The van der Waals surface area contributed by atoms with Gasteiger partial charge in [0.15, 0.2) is 0 Å². The van der Waals surface area contributed by atoms with Gasteiger partial charge in [0.05, 0.1) is 0 Å².